The molecule has 6 heteroatoms. The maximum absolute atomic E-state index is 4.50. The number of nitrogens with zero attached hydrogens (tertiary/aromatic N) is 5. The van der Waals surface area contributed by atoms with E-state index >= 15 is 0 Å². The lowest BCUT2D eigenvalue weighted by atomic mass is 10.2. The summed E-state index contributed by atoms with van der Waals surface area (Å²) in [4.78, 5) is 12.4. The molecule has 5 nitrogen and oxygen atoms in total. The molecule has 3 aromatic rings. The van der Waals surface area contributed by atoms with Crippen LogP contribution in [0.4, 0.5) is 5.82 Å². The summed E-state index contributed by atoms with van der Waals surface area (Å²) in [7, 11) is 2.11. The zero-order valence-electron chi connectivity index (χ0n) is 12.5. The molecule has 3 aromatic heterocycles. The molecule has 0 aliphatic rings. The number of hydrogen-bond acceptors (Lipinski definition) is 5. The van der Waals surface area contributed by atoms with Crippen LogP contribution < -0.4 is 4.90 Å². The van der Waals surface area contributed by atoms with Gasteiger partial charge in [0, 0.05) is 36.1 Å². The van der Waals surface area contributed by atoms with E-state index in [1.165, 1.54) is 4.88 Å². The van der Waals surface area contributed by atoms with E-state index in [1.807, 2.05) is 4.52 Å². The van der Waals surface area contributed by atoms with Crippen LogP contribution in [-0.4, -0.2) is 32.7 Å². The van der Waals surface area contributed by atoms with E-state index in [4.69, 9.17) is 0 Å². The Morgan fingerprint density at radius 3 is 3.00 bits per heavy atom. The maximum Gasteiger partial charge on any atom is 0.254 e. The third-order valence-electron chi connectivity index (χ3n) is 3.75. The molecule has 0 aliphatic heterocycles. The van der Waals surface area contributed by atoms with Crippen molar-refractivity contribution in [1.82, 2.24) is 19.6 Å². The second-order valence-corrected chi connectivity index (χ2v) is 6.21. The first-order valence-electron chi connectivity index (χ1n) is 7.14. The fourth-order valence-corrected chi connectivity index (χ4v) is 3.19. The van der Waals surface area contributed by atoms with Gasteiger partial charge in [-0.05, 0) is 24.8 Å². The molecule has 0 fully saturated rings. The number of likely N-dealkylation sites (N-methyl/N-ethyl adjacent to an activating group) is 1. The van der Waals surface area contributed by atoms with Crippen LogP contribution in [0.1, 0.15) is 24.4 Å². The largest absolute Gasteiger partial charge is 0.356 e. The smallest absolute Gasteiger partial charge is 0.254 e. The van der Waals surface area contributed by atoms with Gasteiger partial charge in [0.15, 0.2) is 0 Å². The molecule has 21 heavy (non-hydrogen) atoms. The second-order valence-electron chi connectivity index (χ2n) is 5.17. The monoisotopic (exact) mass is 301 g/mol. The van der Waals surface area contributed by atoms with Crippen LogP contribution in [0.3, 0.4) is 0 Å². The highest BCUT2D eigenvalue weighted by Gasteiger charge is 2.16. The van der Waals surface area contributed by atoms with E-state index in [0.29, 0.717) is 11.8 Å². The molecule has 1 unspecified atom stereocenters. The van der Waals surface area contributed by atoms with Gasteiger partial charge in [-0.3, -0.25) is 0 Å². The summed E-state index contributed by atoms with van der Waals surface area (Å²) < 4.78 is 1.81. The number of thiophene rings is 1. The highest BCUT2D eigenvalue weighted by Crippen LogP contribution is 2.20. The molecular weight excluding hydrogens is 282 g/mol. The lowest BCUT2D eigenvalue weighted by Crippen LogP contribution is -2.32. The van der Waals surface area contributed by atoms with Crippen molar-refractivity contribution in [2.24, 2.45) is 0 Å². The third kappa shape index (κ3) is 2.76. The summed E-state index contributed by atoms with van der Waals surface area (Å²) in [6.07, 6.45) is 3.47. The standard InChI is InChI=1S/C15H19N5S/c1-4-12-9-14(20-15(18-12)16-10-17-20)19(3)11(2)8-13-6-5-7-21-13/h5-7,9-11H,4,8H2,1-3H3. The zero-order valence-corrected chi connectivity index (χ0v) is 13.3. The van der Waals surface area contributed by atoms with Gasteiger partial charge in [0.05, 0.1) is 0 Å². The van der Waals surface area contributed by atoms with Gasteiger partial charge < -0.3 is 4.90 Å². The van der Waals surface area contributed by atoms with Gasteiger partial charge in [0.1, 0.15) is 12.1 Å². The molecular formula is C15H19N5S. The van der Waals surface area contributed by atoms with Gasteiger partial charge in [0.2, 0.25) is 0 Å². The Morgan fingerprint density at radius 2 is 2.29 bits per heavy atom. The van der Waals surface area contributed by atoms with Gasteiger partial charge in [-0.2, -0.15) is 14.6 Å². The van der Waals surface area contributed by atoms with E-state index in [-0.39, 0.29) is 0 Å². The van der Waals surface area contributed by atoms with Crippen LogP contribution in [0, 0.1) is 0 Å². The Bertz CT molecular complexity index is 719. The quantitative estimate of drug-likeness (QED) is 0.727. The summed E-state index contributed by atoms with van der Waals surface area (Å²) in [6.45, 7) is 4.34. The van der Waals surface area contributed by atoms with Crippen molar-refractivity contribution in [3.05, 3.63) is 40.5 Å². The summed E-state index contributed by atoms with van der Waals surface area (Å²) in [5.74, 6) is 1.71. The van der Waals surface area contributed by atoms with E-state index in [1.54, 1.807) is 17.7 Å². The summed E-state index contributed by atoms with van der Waals surface area (Å²) >= 11 is 1.80. The maximum atomic E-state index is 4.50. The van der Waals surface area contributed by atoms with Crippen molar-refractivity contribution in [1.29, 1.82) is 0 Å². The van der Waals surface area contributed by atoms with Crippen molar-refractivity contribution in [2.45, 2.75) is 32.7 Å². The number of fused-ring (bicyclic) bond motifs is 1. The van der Waals surface area contributed by atoms with E-state index in [9.17, 15) is 0 Å². The highest BCUT2D eigenvalue weighted by atomic mass is 32.1. The topological polar surface area (TPSA) is 46.3 Å². The van der Waals surface area contributed by atoms with Gasteiger partial charge in [-0.1, -0.05) is 13.0 Å². The van der Waals surface area contributed by atoms with Crippen LogP contribution in [0.2, 0.25) is 0 Å². The lowest BCUT2D eigenvalue weighted by molar-refractivity contribution is 0.666. The van der Waals surface area contributed by atoms with Crippen LogP contribution in [0.15, 0.2) is 29.9 Å². The third-order valence-corrected chi connectivity index (χ3v) is 4.65. The molecule has 0 N–H and O–H groups in total. The average Bonchev–Trinajstić information content (AvgIpc) is 3.15. The Balaban J connectivity index is 1.92. The lowest BCUT2D eigenvalue weighted by Gasteiger charge is -2.27. The number of rotatable bonds is 5. The Hall–Kier alpha value is -1.95. The summed E-state index contributed by atoms with van der Waals surface area (Å²) in [5, 5.41) is 6.42. The van der Waals surface area contributed by atoms with Gasteiger partial charge in [0.25, 0.3) is 5.78 Å². The molecule has 0 saturated carbocycles. The molecule has 0 bridgehead atoms. The number of anilines is 1. The van der Waals surface area contributed by atoms with Crippen molar-refractivity contribution in [3.63, 3.8) is 0 Å². The van der Waals surface area contributed by atoms with Gasteiger partial charge >= 0.3 is 0 Å². The van der Waals surface area contributed by atoms with Gasteiger partial charge in [-0.15, -0.1) is 11.3 Å². The first-order chi connectivity index (χ1) is 10.2. The Labute approximate surface area is 128 Å². The molecule has 110 valence electrons. The molecule has 0 spiro atoms. The van der Waals surface area contributed by atoms with Crippen LogP contribution >= 0.6 is 11.3 Å². The molecule has 0 saturated heterocycles. The van der Waals surface area contributed by atoms with Crippen molar-refractivity contribution >= 4 is 22.9 Å². The molecule has 0 amide bonds. The normalized spacial score (nSPS) is 12.7. The Morgan fingerprint density at radius 1 is 1.43 bits per heavy atom. The van der Waals surface area contributed by atoms with Crippen molar-refractivity contribution in [2.75, 3.05) is 11.9 Å². The minimum absolute atomic E-state index is 0.378. The molecule has 3 heterocycles. The van der Waals surface area contributed by atoms with Gasteiger partial charge in [-0.25, -0.2) is 4.98 Å². The summed E-state index contributed by atoms with van der Waals surface area (Å²) in [6, 6.07) is 6.77. The molecule has 0 radical (unpaired) electrons. The fraction of sp³-hybridized carbons (Fsp3) is 0.400. The predicted octanol–water partition coefficient (Wildman–Crippen LogP) is 2.82. The number of hydrogen-bond donors (Lipinski definition) is 0. The SMILES string of the molecule is CCc1cc(N(C)C(C)Cc2cccs2)n2ncnc2n1. The second kappa shape index (κ2) is 5.81. The first kappa shape index (κ1) is 14.0. The average molecular weight is 301 g/mol. The van der Waals surface area contributed by atoms with Crippen LogP contribution in [0.25, 0.3) is 5.78 Å². The highest BCUT2D eigenvalue weighted by molar-refractivity contribution is 7.09. The Kier molecular flexibility index (Phi) is 3.88. The molecule has 0 aromatic carbocycles. The van der Waals surface area contributed by atoms with E-state index < -0.39 is 0 Å². The van der Waals surface area contributed by atoms with E-state index in [2.05, 4.69) is 64.4 Å². The van der Waals surface area contributed by atoms with Crippen molar-refractivity contribution < 1.29 is 0 Å². The first-order valence-corrected chi connectivity index (χ1v) is 8.02. The van der Waals surface area contributed by atoms with Crippen molar-refractivity contribution in [3.8, 4) is 0 Å². The molecule has 1 atom stereocenters. The molecule has 3 rings (SSSR count). The van der Waals surface area contributed by atoms with Crippen LogP contribution in [-0.2, 0) is 12.8 Å². The predicted molar refractivity (Wildman–Crippen MR) is 86.0 cm³/mol. The number of aromatic nitrogens is 4. The summed E-state index contributed by atoms with van der Waals surface area (Å²) in [5.41, 5.74) is 1.04. The fourth-order valence-electron chi connectivity index (χ4n) is 2.36. The van der Waals surface area contributed by atoms with Crippen LogP contribution in [0.5, 0.6) is 0 Å². The molecule has 0 aliphatic carbocycles. The minimum Gasteiger partial charge on any atom is -0.356 e. The number of aryl methyl sites for hydroxylation is 1. The zero-order chi connectivity index (χ0) is 14.8. The van der Waals surface area contributed by atoms with E-state index in [0.717, 1.165) is 24.4 Å². The minimum atomic E-state index is 0.378.